The van der Waals surface area contributed by atoms with Gasteiger partial charge >= 0.3 is 0 Å². The Kier molecular flexibility index (Phi) is 4.98. The molecule has 0 atom stereocenters. The maximum atomic E-state index is 13.7. The molecule has 1 saturated carbocycles. The number of likely N-dealkylation sites (N-methyl/N-ethyl adjacent to an activating group) is 1. The van der Waals surface area contributed by atoms with Gasteiger partial charge in [0.1, 0.15) is 5.82 Å². The van der Waals surface area contributed by atoms with Gasteiger partial charge in [0.25, 0.3) is 0 Å². The van der Waals surface area contributed by atoms with Gasteiger partial charge in [0.15, 0.2) is 0 Å². The van der Waals surface area contributed by atoms with E-state index in [1.54, 1.807) is 0 Å². The van der Waals surface area contributed by atoms with E-state index in [2.05, 4.69) is 9.62 Å². The number of benzene rings is 1. The summed E-state index contributed by atoms with van der Waals surface area (Å²) < 4.78 is 40.8. The molecule has 1 aromatic rings. The molecule has 0 amide bonds. The van der Waals surface area contributed by atoms with Crippen molar-refractivity contribution in [3.05, 3.63) is 29.1 Å². The first-order chi connectivity index (χ1) is 9.85. The Morgan fingerprint density at radius 2 is 2.10 bits per heavy atom. The van der Waals surface area contributed by atoms with Gasteiger partial charge in [-0.2, -0.15) is 0 Å². The molecule has 1 aromatic carbocycles. The highest BCUT2D eigenvalue weighted by molar-refractivity contribution is 7.89. The molecule has 0 unspecified atom stereocenters. The lowest BCUT2D eigenvalue weighted by Crippen LogP contribution is -2.34. The molecule has 7 heteroatoms. The minimum absolute atomic E-state index is 0.0273. The second-order valence-electron chi connectivity index (χ2n) is 5.53. The molecule has 1 fully saturated rings. The Balaban J connectivity index is 2.06. The van der Waals surface area contributed by atoms with Crippen molar-refractivity contribution in [2.45, 2.75) is 37.2 Å². The molecule has 0 heterocycles. The van der Waals surface area contributed by atoms with E-state index >= 15 is 0 Å². The van der Waals surface area contributed by atoms with Crippen LogP contribution in [0.2, 0.25) is 0 Å². The van der Waals surface area contributed by atoms with Crippen LogP contribution in [0, 0.1) is 12.7 Å². The average Bonchev–Trinajstić information content (AvgIpc) is 3.25. The van der Waals surface area contributed by atoms with Gasteiger partial charge in [-0.1, -0.05) is 0 Å². The van der Waals surface area contributed by atoms with Gasteiger partial charge in [-0.15, -0.1) is 0 Å². The summed E-state index contributed by atoms with van der Waals surface area (Å²) in [5.74, 6) is -0.440. The van der Waals surface area contributed by atoms with Crippen molar-refractivity contribution in [2.24, 2.45) is 5.73 Å². The molecule has 5 nitrogen and oxygen atoms in total. The van der Waals surface area contributed by atoms with Gasteiger partial charge in [0, 0.05) is 31.2 Å². The van der Waals surface area contributed by atoms with E-state index in [1.165, 1.54) is 31.9 Å². The molecule has 118 valence electrons. The Bertz CT molecular complexity index is 615. The zero-order valence-electron chi connectivity index (χ0n) is 12.4. The molecule has 1 aliphatic carbocycles. The smallest absolute Gasteiger partial charge is 0.240 e. The zero-order chi connectivity index (χ0) is 15.6. The number of rotatable bonds is 7. The van der Waals surface area contributed by atoms with Crippen LogP contribution in [-0.2, 0) is 16.6 Å². The van der Waals surface area contributed by atoms with E-state index in [9.17, 15) is 12.8 Å². The third-order valence-electron chi connectivity index (χ3n) is 3.76. The quantitative estimate of drug-likeness (QED) is 0.786. The minimum atomic E-state index is -3.63. The Morgan fingerprint density at radius 1 is 1.43 bits per heavy atom. The average molecular weight is 315 g/mol. The standard InChI is InChI=1S/C14H22FN3O2S/c1-10-7-13(8-11(9-16)14(10)15)21(19,20)17-5-6-18(2)12-3-4-12/h7-8,12,17H,3-6,9,16H2,1-2H3. The monoisotopic (exact) mass is 315 g/mol. The number of hydrogen-bond donors (Lipinski definition) is 2. The third-order valence-corrected chi connectivity index (χ3v) is 5.20. The van der Waals surface area contributed by atoms with E-state index < -0.39 is 15.8 Å². The highest BCUT2D eigenvalue weighted by Crippen LogP contribution is 2.24. The Hall–Kier alpha value is -1.02. The molecular formula is C14H22FN3O2S. The van der Waals surface area contributed by atoms with Gasteiger partial charge < -0.3 is 10.6 Å². The van der Waals surface area contributed by atoms with Crippen LogP contribution in [0.3, 0.4) is 0 Å². The van der Waals surface area contributed by atoms with E-state index in [0.29, 0.717) is 19.1 Å². The maximum Gasteiger partial charge on any atom is 0.240 e. The van der Waals surface area contributed by atoms with E-state index in [-0.39, 0.29) is 22.6 Å². The van der Waals surface area contributed by atoms with Crippen LogP contribution < -0.4 is 10.5 Å². The molecule has 21 heavy (non-hydrogen) atoms. The topological polar surface area (TPSA) is 75.4 Å². The lowest BCUT2D eigenvalue weighted by Gasteiger charge is -2.16. The number of hydrogen-bond acceptors (Lipinski definition) is 4. The molecular weight excluding hydrogens is 293 g/mol. The van der Waals surface area contributed by atoms with Crippen LogP contribution in [-0.4, -0.2) is 39.5 Å². The molecule has 0 aliphatic heterocycles. The normalized spacial score (nSPS) is 15.7. The molecule has 0 bridgehead atoms. The number of nitrogens with one attached hydrogen (secondary N) is 1. The van der Waals surface area contributed by atoms with Crippen molar-refractivity contribution in [2.75, 3.05) is 20.1 Å². The van der Waals surface area contributed by atoms with Crippen LogP contribution in [0.5, 0.6) is 0 Å². The second-order valence-corrected chi connectivity index (χ2v) is 7.29. The molecule has 3 N–H and O–H groups in total. The van der Waals surface area contributed by atoms with Crippen molar-refractivity contribution in [1.82, 2.24) is 9.62 Å². The van der Waals surface area contributed by atoms with Gasteiger partial charge in [-0.05, 0) is 44.5 Å². The van der Waals surface area contributed by atoms with E-state index in [0.717, 1.165) is 0 Å². The van der Waals surface area contributed by atoms with Crippen LogP contribution in [0.25, 0.3) is 0 Å². The van der Waals surface area contributed by atoms with Crippen molar-refractivity contribution in [3.8, 4) is 0 Å². The largest absolute Gasteiger partial charge is 0.326 e. The lowest BCUT2D eigenvalue weighted by molar-refractivity contribution is 0.329. The molecule has 0 radical (unpaired) electrons. The first-order valence-electron chi connectivity index (χ1n) is 7.04. The number of sulfonamides is 1. The van der Waals surface area contributed by atoms with Crippen LogP contribution >= 0.6 is 0 Å². The molecule has 0 spiro atoms. The van der Waals surface area contributed by atoms with Crippen LogP contribution in [0.15, 0.2) is 17.0 Å². The summed E-state index contributed by atoms with van der Waals surface area (Å²) in [6, 6.07) is 3.22. The second kappa shape index (κ2) is 6.39. The summed E-state index contributed by atoms with van der Waals surface area (Å²) in [5, 5.41) is 0. The van der Waals surface area contributed by atoms with Crippen molar-refractivity contribution < 1.29 is 12.8 Å². The Labute approximate surface area is 125 Å². The SMILES string of the molecule is Cc1cc(S(=O)(=O)NCCN(C)C2CC2)cc(CN)c1F. The highest BCUT2D eigenvalue weighted by Gasteiger charge is 2.26. The molecule has 2 rings (SSSR count). The summed E-state index contributed by atoms with van der Waals surface area (Å²) in [5.41, 5.74) is 5.95. The van der Waals surface area contributed by atoms with Gasteiger partial charge in [-0.25, -0.2) is 17.5 Å². The van der Waals surface area contributed by atoms with Crippen LogP contribution in [0.1, 0.15) is 24.0 Å². The fraction of sp³-hybridized carbons (Fsp3) is 0.571. The number of aryl methyl sites for hydroxylation is 1. The summed E-state index contributed by atoms with van der Waals surface area (Å²) in [7, 11) is -1.65. The first kappa shape index (κ1) is 16.4. The highest BCUT2D eigenvalue weighted by atomic mass is 32.2. The minimum Gasteiger partial charge on any atom is -0.326 e. The van der Waals surface area contributed by atoms with Crippen LogP contribution in [0.4, 0.5) is 4.39 Å². The lowest BCUT2D eigenvalue weighted by atomic mass is 10.1. The summed E-state index contributed by atoms with van der Waals surface area (Å²) in [4.78, 5) is 2.21. The maximum absolute atomic E-state index is 13.7. The third kappa shape index (κ3) is 4.00. The van der Waals surface area contributed by atoms with Gasteiger partial charge in [0.05, 0.1) is 4.90 Å². The summed E-state index contributed by atoms with van der Waals surface area (Å²) >= 11 is 0. The summed E-state index contributed by atoms with van der Waals surface area (Å²) in [6.45, 7) is 2.51. The number of halogens is 1. The van der Waals surface area contributed by atoms with Crippen molar-refractivity contribution >= 4 is 10.0 Å². The zero-order valence-corrected chi connectivity index (χ0v) is 13.2. The first-order valence-corrected chi connectivity index (χ1v) is 8.52. The fourth-order valence-corrected chi connectivity index (χ4v) is 3.40. The number of nitrogens with two attached hydrogens (primary N) is 1. The number of nitrogens with zero attached hydrogens (tertiary/aromatic N) is 1. The van der Waals surface area contributed by atoms with Gasteiger partial charge in [0.2, 0.25) is 10.0 Å². The van der Waals surface area contributed by atoms with Crippen molar-refractivity contribution in [3.63, 3.8) is 0 Å². The molecule has 0 aromatic heterocycles. The predicted molar refractivity (Wildman–Crippen MR) is 79.9 cm³/mol. The van der Waals surface area contributed by atoms with E-state index in [4.69, 9.17) is 5.73 Å². The molecule has 0 saturated heterocycles. The fourth-order valence-electron chi connectivity index (χ4n) is 2.25. The summed E-state index contributed by atoms with van der Waals surface area (Å²) in [6.07, 6.45) is 2.36. The van der Waals surface area contributed by atoms with Crippen molar-refractivity contribution in [1.29, 1.82) is 0 Å². The van der Waals surface area contributed by atoms with E-state index in [1.807, 2.05) is 7.05 Å². The molecule has 1 aliphatic rings. The Morgan fingerprint density at radius 3 is 2.67 bits per heavy atom. The predicted octanol–water partition coefficient (Wildman–Crippen LogP) is 0.965. The van der Waals surface area contributed by atoms with Gasteiger partial charge in [-0.3, -0.25) is 0 Å².